The molecule has 1 aromatic carbocycles. The van der Waals surface area contributed by atoms with Crippen LogP contribution in [0.1, 0.15) is 12.8 Å². The van der Waals surface area contributed by atoms with Crippen LogP contribution in [0.15, 0.2) is 30.3 Å². The largest absolute Gasteiger partial charge is 0.373 e. The molecule has 118 valence electrons. The summed E-state index contributed by atoms with van der Waals surface area (Å²) in [7, 11) is 3.99. The number of piperidine rings is 1. The number of nitrogens with one attached hydrogen (secondary N) is 1. The summed E-state index contributed by atoms with van der Waals surface area (Å²) in [4.78, 5) is 16.4. The number of rotatable bonds is 5. The fourth-order valence-corrected chi connectivity index (χ4v) is 2.60. The van der Waals surface area contributed by atoms with E-state index in [-0.39, 0.29) is 18.3 Å². The van der Waals surface area contributed by atoms with Crippen molar-refractivity contribution < 1.29 is 4.79 Å². The van der Waals surface area contributed by atoms with Crippen LogP contribution in [0, 0.1) is 5.92 Å². The number of carbonyl (C=O) groups excluding carboxylic acids is 1. The highest BCUT2D eigenvalue weighted by atomic mass is 35.5. The molecule has 0 unspecified atom stereocenters. The first-order valence-corrected chi connectivity index (χ1v) is 7.40. The van der Waals surface area contributed by atoms with Crippen LogP contribution in [-0.2, 0) is 4.79 Å². The number of likely N-dealkylation sites (N-methyl/N-ethyl adjacent to an activating group) is 2. The topological polar surface area (TPSA) is 35.6 Å². The molecule has 1 aromatic rings. The van der Waals surface area contributed by atoms with E-state index in [9.17, 15) is 4.79 Å². The van der Waals surface area contributed by atoms with Crippen LogP contribution in [0.2, 0.25) is 0 Å². The van der Waals surface area contributed by atoms with E-state index in [1.165, 1.54) is 5.69 Å². The minimum atomic E-state index is 0. The predicted octanol–water partition coefficient (Wildman–Crippen LogP) is 2.00. The van der Waals surface area contributed by atoms with E-state index in [2.05, 4.69) is 29.4 Å². The molecule has 0 atom stereocenters. The van der Waals surface area contributed by atoms with Crippen molar-refractivity contribution in [1.29, 1.82) is 0 Å². The molecular formula is C16H26ClN3O. The standard InChI is InChI=1S/C16H25N3O.ClH/c1-18(15-6-4-3-5-7-15)12-13-19(2)16(20)14-8-10-17-11-9-14;/h3-7,14,17H,8-13H2,1-2H3;1H. The Hall–Kier alpha value is -1.26. The average molecular weight is 312 g/mol. The molecule has 1 fully saturated rings. The maximum atomic E-state index is 12.3. The van der Waals surface area contributed by atoms with Gasteiger partial charge in [0.25, 0.3) is 0 Å². The number of amides is 1. The van der Waals surface area contributed by atoms with Crippen molar-refractivity contribution >= 4 is 24.0 Å². The molecule has 1 heterocycles. The summed E-state index contributed by atoms with van der Waals surface area (Å²) in [5, 5.41) is 3.30. The molecule has 21 heavy (non-hydrogen) atoms. The van der Waals surface area contributed by atoms with Crippen LogP contribution >= 0.6 is 12.4 Å². The first kappa shape index (κ1) is 17.8. The van der Waals surface area contributed by atoms with Crippen molar-refractivity contribution in [2.24, 2.45) is 5.92 Å². The molecule has 0 saturated carbocycles. The summed E-state index contributed by atoms with van der Waals surface area (Å²) < 4.78 is 0. The minimum absolute atomic E-state index is 0. The van der Waals surface area contributed by atoms with E-state index in [1.54, 1.807) is 0 Å². The molecule has 0 aromatic heterocycles. The second kappa shape index (κ2) is 8.90. The second-order valence-corrected chi connectivity index (χ2v) is 5.54. The fourth-order valence-electron chi connectivity index (χ4n) is 2.60. The third kappa shape index (κ3) is 5.21. The highest BCUT2D eigenvalue weighted by Crippen LogP contribution is 2.15. The molecule has 1 amide bonds. The van der Waals surface area contributed by atoms with Crippen LogP contribution in [-0.4, -0.2) is 51.1 Å². The fraction of sp³-hybridized carbons (Fsp3) is 0.562. The van der Waals surface area contributed by atoms with Gasteiger partial charge in [-0.3, -0.25) is 4.79 Å². The molecular weight excluding hydrogens is 286 g/mol. The van der Waals surface area contributed by atoms with E-state index in [1.807, 2.05) is 30.1 Å². The van der Waals surface area contributed by atoms with Crippen LogP contribution in [0.4, 0.5) is 5.69 Å². The van der Waals surface area contributed by atoms with Gasteiger partial charge >= 0.3 is 0 Å². The van der Waals surface area contributed by atoms with Crippen molar-refractivity contribution in [3.63, 3.8) is 0 Å². The van der Waals surface area contributed by atoms with E-state index in [0.29, 0.717) is 5.91 Å². The van der Waals surface area contributed by atoms with Gasteiger partial charge < -0.3 is 15.1 Å². The van der Waals surface area contributed by atoms with Gasteiger partial charge in [0.2, 0.25) is 5.91 Å². The van der Waals surface area contributed by atoms with E-state index < -0.39 is 0 Å². The molecule has 5 heteroatoms. The lowest BCUT2D eigenvalue weighted by molar-refractivity contribution is -0.134. The Morgan fingerprint density at radius 3 is 2.38 bits per heavy atom. The Bertz CT molecular complexity index is 421. The van der Waals surface area contributed by atoms with Gasteiger partial charge in [-0.2, -0.15) is 0 Å². The molecule has 1 aliphatic rings. The molecule has 4 nitrogen and oxygen atoms in total. The Balaban J connectivity index is 0.00000220. The summed E-state index contributed by atoms with van der Waals surface area (Å²) in [5.41, 5.74) is 1.19. The van der Waals surface area contributed by atoms with Gasteiger partial charge in [-0.1, -0.05) is 18.2 Å². The average Bonchev–Trinajstić information content (AvgIpc) is 2.53. The van der Waals surface area contributed by atoms with Crippen LogP contribution < -0.4 is 10.2 Å². The monoisotopic (exact) mass is 311 g/mol. The number of carbonyl (C=O) groups is 1. The number of hydrogen-bond acceptors (Lipinski definition) is 3. The summed E-state index contributed by atoms with van der Waals surface area (Å²) in [6.45, 7) is 3.56. The quantitative estimate of drug-likeness (QED) is 0.903. The summed E-state index contributed by atoms with van der Waals surface area (Å²) in [6.07, 6.45) is 1.94. The van der Waals surface area contributed by atoms with Crippen molar-refractivity contribution in [3.05, 3.63) is 30.3 Å². The Labute approximate surface area is 133 Å². The molecule has 1 N–H and O–H groups in total. The second-order valence-electron chi connectivity index (χ2n) is 5.54. The lowest BCUT2D eigenvalue weighted by Gasteiger charge is -2.28. The zero-order valence-electron chi connectivity index (χ0n) is 12.9. The normalized spacial score (nSPS) is 15.1. The predicted molar refractivity (Wildman–Crippen MR) is 90.2 cm³/mol. The Kier molecular flexibility index (Phi) is 7.54. The van der Waals surface area contributed by atoms with E-state index in [4.69, 9.17) is 0 Å². The smallest absolute Gasteiger partial charge is 0.225 e. The lowest BCUT2D eigenvalue weighted by atomic mass is 9.97. The Morgan fingerprint density at radius 2 is 1.76 bits per heavy atom. The number of benzene rings is 1. The molecule has 0 radical (unpaired) electrons. The zero-order valence-corrected chi connectivity index (χ0v) is 13.7. The van der Waals surface area contributed by atoms with Gasteiger partial charge in [-0.25, -0.2) is 0 Å². The van der Waals surface area contributed by atoms with Gasteiger partial charge in [0.05, 0.1) is 0 Å². The highest BCUT2D eigenvalue weighted by molar-refractivity contribution is 5.85. The van der Waals surface area contributed by atoms with Gasteiger partial charge in [0, 0.05) is 38.8 Å². The van der Waals surface area contributed by atoms with Crippen LogP contribution in [0.25, 0.3) is 0 Å². The third-order valence-electron chi connectivity index (χ3n) is 4.03. The molecule has 2 rings (SSSR count). The molecule has 0 aliphatic carbocycles. The summed E-state index contributed by atoms with van der Waals surface area (Å²) >= 11 is 0. The molecule has 1 saturated heterocycles. The highest BCUT2D eigenvalue weighted by Gasteiger charge is 2.23. The van der Waals surface area contributed by atoms with Crippen LogP contribution in [0.3, 0.4) is 0 Å². The minimum Gasteiger partial charge on any atom is -0.373 e. The number of para-hydroxylation sites is 1. The van der Waals surface area contributed by atoms with Crippen molar-refractivity contribution in [2.45, 2.75) is 12.8 Å². The van der Waals surface area contributed by atoms with Gasteiger partial charge in [0.15, 0.2) is 0 Å². The number of halogens is 1. The van der Waals surface area contributed by atoms with Gasteiger partial charge in [-0.05, 0) is 38.1 Å². The maximum absolute atomic E-state index is 12.3. The first-order chi connectivity index (χ1) is 9.68. The number of anilines is 1. The third-order valence-corrected chi connectivity index (χ3v) is 4.03. The van der Waals surface area contributed by atoms with Crippen molar-refractivity contribution in [2.75, 3.05) is 45.2 Å². The molecule has 0 spiro atoms. The number of nitrogens with zero attached hydrogens (tertiary/aromatic N) is 2. The first-order valence-electron chi connectivity index (χ1n) is 7.40. The molecule has 0 bridgehead atoms. The summed E-state index contributed by atoms with van der Waals surface area (Å²) in [6, 6.07) is 10.3. The lowest BCUT2D eigenvalue weighted by Crippen LogP contribution is -2.41. The SMILES string of the molecule is CN(CCN(C)c1ccccc1)C(=O)C1CCNCC1.Cl. The molecule has 1 aliphatic heterocycles. The summed E-state index contributed by atoms with van der Waals surface area (Å²) in [5.74, 6) is 0.510. The van der Waals surface area contributed by atoms with Crippen molar-refractivity contribution in [3.8, 4) is 0 Å². The zero-order chi connectivity index (χ0) is 14.4. The van der Waals surface area contributed by atoms with Gasteiger partial charge in [-0.15, -0.1) is 12.4 Å². The maximum Gasteiger partial charge on any atom is 0.225 e. The van der Waals surface area contributed by atoms with Gasteiger partial charge in [0.1, 0.15) is 0 Å². The van der Waals surface area contributed by atoms with E-state index >= 15 is 0 Å². The van der Waals surface area contributed by atoms with Crippen LogP contribution in [0.5, 0.6) is 0 Å². The van der Waals surface area contributed by atoms with E-state index in [0.717, 1.165) is 39.0 Å². The van der Waals surface area contributed by atoms with Crippen molar-refractivity contribution in [1.82, 2.24) is 10.2 Å². The number of hydrogen-bond donors (Lipinski definition) is 1. The Morgan fingerprint density at radius 1 is 1.14 bits per heavy atom.